The molecule has 2 aliphatic heterocycles. The molecule has 2 saturated heterocycles. The summed E-state index contributed by atoms with van der Waals surface area (Å²) in [4.78, 5) is 2.31. The smallest absolute Gasteiger partial charge is 0.0639 e. The molecule has 0 amide bonds. The highest BCUT2D eigenvalue weighted by atomic mass is 16.3. The molecule has 14 heavy (non-hydrogen) atoms. The molecule has 3 nitrogen and oxygen atoms in total. The molecule has 0 saturated carbocycles. The minimum Gasteiger partial charge on any atom is -0.392 e. The Balaban J connectivity index is 0.000000165. The maximum Gasteiger partial charge on any atom is 0.0639 e. The van der Waals surface area contributed by atoms with Crippen LogP contribution in [0.5, 0.6) is 0 Å². The van der Waals surface area contributed by atoms with Gasteiger partial charge in [0, 0.05) is 6.54 Å². The second-order valence-electron chi connectivity index (χ2n) is 4.31. The van der Waals surface area contributed by atoms with E-state index in [9.17, 15) is 0 Å². The first-order valence-electron chi connectivity index (χ1n) is 5.90. The predicted molar refractivity (Wildman–Crippen MR) is 59.5 cm³/mol. The average molecular weight is 200 g/mol. The van der Waals surface area contributed by atoms with E-state index in [4.69, 9.17) is 5.11 Å². The summed E-state index contributed by atoms with van der Waals surface area (Å²) in [6, 6.07) is 0. The zero-order valence-electron chi connectivity index (χ0n) is 9.34. The molecule has 2 N–H and O–H groups in total. The van der Waals surface area contributed by atoms with E-state index >= 15 is 0 Å². The van der Waals surface area contributed by atoms with Crippen molar-refractivity contribution in [3.63, 3.8) is 0 Å². The molecule has 0 aromatic carbocycles. The van der Waals surface area contributed by atoms with Crippen LogP contribution in [-0.4, -0.2) is 48.8 Å². The zero-order valence-corrected chi connectivity index (χ0v) is 9.34. The number of hydrogen-bond donors (Lipinski definition) is 2. The molecular weight excluding hydrogens is 176 g/mol. The Morgan fingerprint density at radius 3 is 2.07 bits per heavy atom. The van der Waals surface area contributed by atoms with Gasteiger partial charge in [-0.2, -0.15) is 0 Å². The van der Waals surface area contributed by atoms with Gasteiger partial charge in [-0.05, 0) is 58.8 Å². The van der Waals surface area contributed by atoms with Crippen molar-refractivity contribution >= 4 is 0 Å². The van der Waals surface area contributed by atoms with Gasteiger partial charge in [-0.15, -0.1) is 0 Å². The Kier molecular flexibility index (Phi) is 6.15. The van der Waals surface area contributed by atoms with Crippen LogP contribution in [-0.2, 0) is 0 Å². The zero-order chi connectivity index (χ0) is 10.2. The third kappa shape index (κ3) is 5.58. The number of aliphatic hydroxyl groups is 1. The summed E-state index contributed by atoms with van der Waals surface area (Å²) < 4.78 is 0. The maximum absolute atomic E-state index is 8.97. The van der Waals surface area contributed by atoms with Gasteiger partial charge in [-0.1, -0.05) is 0 Å². The first-order valence-corrected chi connectivity index (χ1v) is 5.90. The molecule has 0 spiro atoms. The van der Waals surface area contributed by atoms with Gasteiger partial charge >= 0.3 is 0 Å². The van der Waals surface area contributed by atoms with Crippen LogP contribution in [0.4, 0.5) is 0 Å². The lowest BCUT2D eigenvalue weighted by molar-refractivity contribution is 0.141. The summed E-state index contributed by atoms with van der Waals surface area (Å²) >= 11 is 0. The van der Waals surface area contributed by atoms with Gasteiger partial charge in [0.25, 0.3) is 0 Å². The number of nitrogens with one attached hydrogen (secondary N) is 1. The van der Waals surface area contributed by atoms with Crippen molar-refractivity contribution in [1.82, 2.24) is 10.2 Å². The fourth-order valence-corrected chi connectivity index (χ4v) is 1.96. The number of nitrogens with zero attached hydrogens (tertiary/aromatic N) is 1. The quantitative estimate of drug-likeness (QED) is 0.693. The molecule has 3 heteroatoms. The molecule has 2 heterocycles. The highest BCUT2D eigenvalue weighted by Gasteiger charge is 2.12. The van der Waals surface area contributed by atoms with Crippen LogP contribution in [0.15, 0.2) is 0 Å². The summed E-state index contributed by atoms with van der Waals surface area (Å²) in [5, 5.41) is 12.2. The van der Waals surface area contributed by atoms with Crippen LogP contribution in [0.3, 0.4) is 0 Å². The van der Waals surface area contributed by atoms with Crippen LogP contribution in [0.1, 0.15) is 32.6 Å². The SMILES string of the molecule is C1CCNC1.CC(O)CN1CCCC1. The Morgan fingerprint density at radius 2 is 1.71 bits per heavy atom. The third-order valence-corrected chi connectivity index (χ3v) is 2.68. The molecule has 2 aliphatic rings. The molecule has 0 bridgehead atoms. The van der Waals surface area contributed by atoms with E-state index in [2.05, 4.69) is 10.2 Å². The van der Waals surface area contributed by atoms with Gasteiger partial charge in [0.05, 0.1) is 6.10 Å². The lowest BCUT2D eigenvalue weighted by Crippen LogP contribution is -2.27. The number of β-amino-alcohol motifs (C(OH)–C–C–N with tert-alkyl or cyclic N) is 1. The number of rotatable bonds is 2. The standard InChI is InChI=1S/C7H15NO.C4H9N/c1-7(9)6-8-4-2-3-5-8;1-2-4-5-3-1/h7,9H,2-6H2,1H3;5H,1-4H2. The fraction of sp³-hybridized carbons (Fsp3) is 1.00. The van der Waals surface area contributed by atoms with E-state index in [0.717, 1.165) is 6.54 Å². The van der Waals surface area contributed by atoms with E-state index in [1.54, 1.807) is 0 Å². The Labute approximate surface area is 87.5 Å². The fourth-order valence-electron chi connectivity index (χ4n) is 1.96. The van der Waals surface area contributed by atoms with E-state index in [1.165, 1.54) is 51.9 Å². The monoisotopic (exact) mass is 200 g/mol. The van der Waals surface area contributed by atoms with Crippen LogP contribution >= 0.6 is 0 Å². The normalized spacial score (nSPS) is 24.4. The van der Waals surface area contributed by atoms with Crippen molar-refractivity contribution in [1.29, 1.82) is 0 Å². The van der Waals surface area contributed by atoms with E-state index in [0.29, 0.717) is 0 Å². The van der Waals surface area contributed by atoms with Crippen LogP contribution < -0.4 is 5.32 Å². The van der Waals surface area contributed by atoms with E-state index in [-0.39, 0.29) is 6.10 Å². The van der Waals surface area contributed by atoms with Gasteiger partial charge in [0.15, 0.2) is 0 Å². The van der Waals surface area contributed by atoms with Crippen molar-refractivity contribution in [2.45, 2.75) is 38.7 Å². The molecule has 2 rings (SSSR count). The van der Waals surface area contributed by atoms with Gasteiger partial charge in [-0.25, -0.2) is 0 Å². The number of aliphatic hydroxyl groups excluding tert-OH is 1. The lowest BCUT2D eigenvalue weighted by atomic mass is 10.4. The lowest BCUT2D eigenvalue weighted by Gasteiger charge is -2.15. The third-order valence-electron chi connectivity index (χ3n) is 2.68. The van der Waals surface area contributed by atoms with Crippen LogP contribution in [0, 0.1) is 0 Å². The Morgan fingerprint density at radius 1 is 1.14 bits per heavy atom. The predicted octanol–water partition coefficient (Wildman–Crippen LogP) is 0.833. The minimum absolute atomic E-state index is 0.150. The molecule has 0 radical (unpaired) electrons. The van der Waals surface area contributed by atoms with Crippen LogP contribution in [0.2, 0.25) is 0 Å². The molecule has 0 aromatic heterocycles. The summed E-state index contributed by atoms with van der Waals surface area (Å²) in [6.45, 7) is 7.58. The Hall–Kier alpha value is -0.120. The minimum atomic E-state index is -0.150. The van der Waals surface area contributed by atoms with Crippen molar-refractivity contribution < 1.29 is 5.11 Å². The molecule has 1 unspecified atom stereocenters. The number of hydrogen-bond acceptors (Lipinski definition) is 3. The van der Waals surface area contributed by atoms with Gasteiger partial charge < -0.3 is 15.3 Å². The van der Waals surface area contributed by atoms with E-state index < -0.39 is 0 Å². The average Bonchev–Trinajstić information content (AvgIpc) is 2.75. The molecule has 84 valence electrons. The molecular formula is C11H24N2O. The summed E-state index contributed by atoms with van der Waals surface area (Å²) in [6.07, 6.45) is 5.25. The van der Waals surface area contributed by atoms with E-state index in [1.807, 2.05) is 6.92 Å². The van der Waals surface area contributed by atoms with Crippen LogP contribution in [0.25, 0.3) is 0 Å². The summed E-state index contributed by atoms with van der Waals surface area (Å²) in [5.74, 6) is 0. The number of likely N-dealkylation sites (tertiary alicyclic amines) is 1. The summed E-state index contributed by atoms with van der Waals surface area (Å²) in [7, 11) is 0. The second kappa shape index (κ2) is 7.21. The first kappa shape index (κ1) is 12.0. The maximum atomic E-state index is 8.97. The van der Waals surface area contributed by atoms with Gasteiger partial charge in [0.1, 0.15) is 0 Å². The van der Waals surface area contributed by atoms with Gasteiger partial charge in [0.2, 0.25) is 0 Å². The molecule has 1 atom stereocenters. The van der Waals surface area contributed by atoms with Crippen molar-refractivity contribution in [2.75, 3.05) is 32.7 Å². The summed E-state index contributed by atoms with van der Waals surface area (Å²) in [5.41, 5.74) is 0. The highest BCUT2D eigenvalue weighted by molar-refractivity contribution is 4.67. The molecule has 2 fully saturated rings. The highest BCUT2D eigenvalue weighted by Crippen LogP contribution is 2.06. The first-order chi connectivity index (χ1) is 6.79. The topological polar surface area (TPSA) is 35.5 Å². The molecule has 0 aromatic rings. The largest absolute Gasteiger partial charge is 0.392 e. The van der Waals surface area contributed by atoms with Gasteiger partial charge in [-0.3, -0.25) is 0 Å². The Bertz CT molecular complexity index is 122. The van der Waals surface area contributed by atoms with Crippen molar-refractivity contribution in [3.8, 4) is 0 Å². The van der Waals surface area contributed by atoms with Crippen molar-refractivity contribution in [3.05, 3.63) is 0 Å². The second-order valence-corrected chi connectivity index (χ2v) is 4.31. The van der Waals surface area contributed by atoms with Crippen molar-refractivity contribution in [2.24, 2.45) is 0 Å². The molecule has 0 aliphatic carbocycles.